The topological polar surface area (TPSA) is 45.7 Å². The van der Waals surface area contributed by atoms with Gasteiger partial charge in [0.25, 0.3) is 5.91 Å². The average Bonchev–Trinajstić information content (AvgIpc) is 2.56. The van der Waals surface area contributed by atoms with Crippen molar-refractivity contribution in [2.45, 2.75) is 42.5 Å². The number of carbonyl (C=O) groups excluding carboxylic acids is 1. The quantitative estimate of drug-likeness (QED) is 0.778. The molecular weight excluding hydrogens is 304 g/mol. The van der Waals surface area contributed by atoms with E-state index in [1.807, 2.05) is 42.5 Å². The molecule has 122 valence electrons. The van der Waals surface area contributed by atoms with Gasteiger partial charge >= 0.3 is 0 Å². The lowest BCUT2D eigenvalue weighted by Gasteiger charge is -2.12. The smallest absolute Gasteiger partial charge is 0.279 e. The normalized spacial score (nSPS) is 11.9. The van der Waals surface area contributed by atoms with Crippen LogP contribution in [0.5, 0.6) is 0 Å². The van der Waals surface area contributed by atoms with E-state index >= 15 is 0 Å². The zero-order valence-corrected chi connectivity index (χ0v) is 14.6. The van der Waals surface area contributed by atoms with E-state index in [0.717, 1.165) is 28.3 Å². The fraction of sp³-hybridized carbons (Fsp3) is 0.316. The number of benzene rings is 2. The summed E-state index contributed by atoms with van der Waals surface area (Å²) in [6, 6.07) is 18.6. The minimum Gasteiger partial charge on any atom is -0.336 e. The fourth-order valence-electron chi connectivity index (χ4n) is 2.36. The molecule has 0 saturated carbocycles. The summed E-state index contributed by atoms with van der Waals surface area (Å²) in [5.74, 6) is 0.0501. The molecule has 0 aromatic heterocycles. The molecule has 1 atom stereocenters. The zero-order chi connectivity index (χ0) is 16.5. The minimum atomic E-state index is 0.0501. The number of nitrogens with one attached hydrogen (secondary N) is 1. The minimum absolute atomic E-state index is 0.0501. The number of quaternary nitrogens is 1. The summed E-state index contributed by atoms with van der Waals surface area (Å²) in [4.78, 5) is 14.4. The second kappa shape index (κ2) is 9.38. The Labute approximate surface area is 142 Å². The second-order valence-corrected chi connectivity index (χ2v) is 6.78. The third-order valence-electron chi connectivity index (χ3n) is 3.58. The Kier molecular flexibility index (Phi) is 7.17. The summed E-state index contributed by atoms with van der Waals surface area (Å²) in [6.45, 7) is 4.79. The SMILES string of the molecule is CCC[C@@H](C)[NH2+]CC(=O)Nc1ccccc1Sc1ccccc1. The molecule has 0 fully saturated rings. The number of hydrogen-bond acceptors (Lipinski definition) is 2. The first kappa shape index (κ1) is 17.6. The van der Waals surface area contributed by atoms with Gasteiger partial charge in [-0.2, -0.15) is 0 Å². The van der Waals surface area contributed by atoms with Crippen molar-refractivity contribution >= 4 is 23.4 Å². The van der Waals surface area contributed by atoms with Crippen LogP contribution in [0.1, 0.15) is 26.7 Å². The first-order valence-electron chi connectivity index (χ1n) is 8.14. The van der Waals surface area contributed by atoms with E-state index in [2.05, 4.69) is 36.6 Å². The van der Waals surface area contributed by atoms with Crippen LogP contribution in [0.25, 0.3) is 0 Å². The summed E-state index contributed by atoms with van der Waals surface area (Å²) in [5, 5.41) is 5.14. The number of amides is 1. The number of carbonyl (C=O) groups is 1. The zero-order valence-electron chi connectivity index (χ0n) is 13.8. The van der Waals surface area contributed by atoms with Gasteiger partial charge in [-0.05, 0) is 37.6 Å². The van der Waals surface area contributed by atoms with Gasteiger partial charge in [-0.25, -0.2) is 0 Å². The molecule has 0 aliphatic heterocycles. The Morgan fingerprint density at radius 2 is 1.83 bits per heavy atom. The monoisotopic (exact) mass is 329 g/mol. The highest BCUT2D eigenvalue weighted by Gasteiger charge is 2.11. The van der Waals surface area contributed by atoms with Gasteiger partial charge < -0.3 is 10.6 Å². The Morgan fingerprint density at radius 3 is 2.57 bits per heavy atom. The Bertz CT molecular complexity index is 616. The van der Waals surface area contributed by atoms with Crippen molar-refractivity contribution in [3.8, 4) is 0 Å². The van der Waals surface area contributed by atoms with Gasteiger partial charge in [0.15, 0.2) is 6.54 Å². The molecular formula is C19H25N2OS+. The molecule has 3 N–H and O–H groups in total. The van der Waals surface area contributed by atoms with Gasteiger partial charge in [0.2, 0.25) is 0 Å². The molecule has 0 unspecified atom stereocenters. The van der Waals surface area contributed by atoms with E-state index in [1.54, 1.807) is 11.8 Å². The van der Waals surface area contributed by atoms with Gasteiger partial charge in [0, 0.05) is 9.79 Å². The molecule has 3 nitrogen and oxygen atoms in total. The molecule has 0 heterocycles. The average molecular weight is 329 g/mol. The third-order valence-corrected chi connectivity index (χ3v) is 4.67. The Hall–Kier alpha value is -1.78. The van der Waals surface area contributed by atoms with Crippen molar-refractivity contribution in [2.75, 3.05) is 11.9 Å². The standard InChI is InChI=1S/C19H24N2OS/c1-3-9-15(2)20-14-19(22)21-17-12-7-8-13-18(17)23-16-10-5-4-6-11-16/h4-8,10-13,15,20H,3,9,14H2,1-2H3,(H,21,22)/p+1/t15-/m1/s1. The van der Waals surface area contributed by atoms with E-state index in [1.165, 1.54) is 0 Å². The van der Waals surface area contributed by atoms with Gasteiger partial charge in [0.05, 0.1) is 11.7 Å². The molecule has 0 radical (unpaired) electrons. The van der Waals surface area contributed by atoms with E-state index in [-0.39, 0.29) is 5.91 Å². The van der Waals surface area contributed by atoms with E-state index < -0.39 is 0 Å². The van der Waals surface area contributed by atoms with Crippen LogP contribution in [0, 0.1) is 0 Å². The van der Waals surface area contributed by atoms with Crippen molar-refractivity contribution in [1.82, 2.24) is 0 Å². The van der Waals surface area contributed by atoms with Crippen LogP contribution in [0.3, 0.4) is 0 Å². The van der Waals surface area contributed by atoms with Crippen LogP contribution in [0.15, 0.2) is 64.4 Å². The third kappa shape index (κ3) is 6.08. The predicted molar refractivity (Wildman–Crippen MR) is 96.8 cm³/mol. The summed E-state index contributed by atoms with van der Waals surface area (Å²) < 4.78 is 0. The highest BCUT2D eigenvalue weighted by molar-refractivity contribution is 7.99. The number of nitrogens with two attached hydrogens (primary N) is 1. The van der Waals surface area contributed by atoms with Crippen LogP contribution in [0.4, 0.5) is 5.69 Å². The molecule has 0 aliphatic carbocycles. The maximum atomic E-state index is 12.2. The number of hydrogen-bond donors (Lipinski definition) is 2. The molecule has 2 rings (SSSR count). The van der Waals surface area contributed by atoms with Crippen LogP contribution < -0.4 is 10.6 Å². The van der Waals surface area contributed by atoms with Crippen molar-refractivity contribution in [3.63, 3.8) is 0 Å². The molecule has 23 heavy (non-hydrogen) atoms. The van der Waals surface area contributed by atoms with Crippen molar-refractivity contribution in [1.29, 1.82) is 0 Å². The molecule has 2 aromatic rings. The fourth-order valence-corrected chi connectivity index (χ4v) is 3.28. The van der Waals surface area contributed by atoms with Crippen molar-refractivity contribution in [3.05, 3.63) is 54.6 Å². The van der Waals surface area contributed by atoms with Gasteiger partial charge in [-0.3, -0.25) is 4.79 Å². The molecule has 4 heteroatoms. The molecule has 0 saturated heterocycles. The van der Waals surface area contributed by atoms with Crippen LogP contribution in [-0.2, 0) is 4.79 Å². The maximum absolute atomic E-state index is 12.2. The molecule has 0 bridgehead atoms. The Morgan fingerprint density at radius 1 is 1.13 bits per heavy atom. The van der Waals surface area contributed by atoms with Crippen LogP contribution >= 0.6 is 11.8 Å². The molecule has 1 amide bonds. The summed E-state index contributed by atoms with van der Waals surface area (Å²) >= 11 is 1.66. The van der Waals surface area contributed by atoms with Crippen LogP contribution in [-0.4, -0.2) is 18.5 Å². The van der Waals surface area contributed by atoms with Crippen molar-refractivity contribution in [2.24, 2.45) is 0 Å². The predicted octanol–water partition coefficient (Wildman–Crippen LogP) is 3.53. The maximum Gasteiger partial charge on any atom is 0.279 e. The molecule has 0 aliphatic rings. The largest absolute Gasteiger partial charge is 0.336 e. The van der Waals surface area contributed by atoms with E-state index in [4.69, 9.17) is 0 Å². The lowest BCUT2D eigenvalue weighted by Crippen LogP contribution is -2.91. The Balaban J connectivity index is 1.96. The number of rotatable bonds is 8. The lowest BCUT2D eigenvalue weighted by molar-refractivity contribution is -0.676. The first-order chi connectivity index (χ1) is 11.2. The van der Waals surface area contributed by atoms with Gasteiger partial charge in [-0.15, -0.1) is 0 Å². The van der Waals surface area contributed by atoms with Gasteiger partial charge in [-0.1, -0.05) is 55.4 Å². The molecule has 0 spiro atoms. The van der Waals surface area contributed by atoms with Crippen molar-refractivity contribution < 1.29 is 10.1 Å². The number of para-hydroxylation sites is 1. The summed E-state index contributed by atoms with van der Waals surface area (Å²) in [5.41, 5.74) is 0.878. The van der Waals surface area contributed by atoms with E-state index in [9.17, 15) is 4.79 Å². The lowest BCUT2D eigenvalue weighted by atomic mass is 10.2. The highest BCUT2D eigenvalue weighted by atomic mass is 32.2. The summed E-state index contributed by atoms with van der Waals surface area (Å²) in [6.07, 6.45) is 2.28. The van der Waals surface area contributed by atoms with Gasteiger partial charge in [0.1, 0.15) is 0 Å². The van der Waals surface area contributed by atoms with Crippen LogP contribution in [0.2, 0.25) is 0 Å². The highest BCUT2D eigenvalue weighted by Crippen LogP contribution is 2.32. The van der Waals surface area contributed by atoms with E-state index in [0.29, 0.717) is 12.6 Å². The summed E-state index contributed by atoms with van der Waals surface area (Å²) in [7, 11) is 0. The number of anilines is 1. The molecule has 2 aromatic carbocycles. The first-order valence-corrected chi connectivity index (χ1v) is 8.95. The second-order valence-electron chi connectivity index (χ2n) is 5.67.